The second-order valence-electron chi connectivity index (χ2n) is 6.03. The van der Waals surface area contributed by atoms with Crippen LogP contribution in [0.15, 0.2) is 66.7 Å². The molecule has 0 saturated carbocycles. The number of carbonyl (C=O) groups excluding carboxylic acids is 1. The van der Waals surface area contributed by atoms with Crippen molar-refractivity contribution in [3.63, 3.8) is 0 Å². The molecule has 0 heterocycles. The van der Waals surface area contributed by atoms with Gasteiger partial charge in [0.2, 0.25) is 10.0 Å². The zero-order valence-corrected chi connectivity index (χ0v) is 15.6. The third-order valence-electron chi connectivity index (χ3n) is 3.84. The van der Waals surface area contributed by atoms with Gasteiger partial charge in [-0.05, 0) is 35.0 Å². The van der Waals surface area contributed by atoms with Gasteiger partial charge in [0.25, 0.3) is 5.91 Å². The fraction of sp³-hybridized carbons (Fsp3) is 0.150. The third kappa shape index (κ3) is 5.21. The minimum absolute atomic E-state index is 0.243. The molecule has 0 spiro atoms. The molecule has 1 amide bonds. The van der Waals surface area contributed by atoms with Gasteiger partial charge >= 0.3 is 0 Å². The predicted octanol–water partition coefficient (Wildman–Crippen LogP) is 3.02. The summed E-state index contributed by atoms with van der Waals surface area (Å²) in [5, 5.41) is 4.95. The number of anilines is 1. The number of fused-ring (bicyclic) bond motifs is 1. The van der Waals surface area contributed by atoms with E-state index in [2.05, 4.69) is 10.0 Å². The van der Waals surface area contributed by atoms with Gasteiger partial charge in [0, 0.05) is 0 Å². The second kappa shape index (κ2) is 8.09. The summed E-state index contributed by atoms with van der Waals surface area (Å²) in [6.45, 7) is 0.588. The summed E-state index contributed by atoms with van der Waals surface area (Å²) in [7, 11) is -3.47. The van der Waals surface area contributed by atoms with Crippen molar-refractivity contribution in [2.24, 2.45) is 0 Å². The Labute approximate surface area is 158 Å². The molecule has 0 aliphatic heterocycles. The number of hydrogen-bond donors (Lipinski definition) is 2. The van der Waals surface area contributed by atoms with E-state index in [1.54, 1.807) is 24.3 Å². The highest BCUT2D eigenvalue weighted by Gasteiger charge is 2.13. The van der Waals surface area contributed by atoms with Crippen LogP contribution in [0.5, 0.6) is 5.75 Å². The molecule has 0 fully saturated rings. The van der Waals surface area contributed by atoms with Crippen molar-refractivity contribution < 1.29 is 17.9 Å². The van der Waals surface area contributed by atoms with Crippen molar-refractivity contribution in [1.29, 1.82) is 0 Å². The third-order valence-corrected chi connectivity index (χ3v) is 4.44. The van der Waals surface area contributed by atoms with Crippen LogP contribution in [-0.4, -0.2) is 33.7 Å². The molecule has 3 aromatic carbocycles. The number of benzene rings is 3. The highest BCUT2D eigenvalue weighted by molar-refractivity contribution is 7.92. The standard InChI is InChI=1S/C20H20N2O4S/c1-27(24,25)22-19-9-5-4-8-18(19)20(23)21-12-13-26-17-11-10-15-6-2-3-7-16(15)14-17/h2-11,14,22H,12-13H2,1H3,(H,21,23). The van der Waals surface area contributed by atoms with Gasteiger partial charge in [-0.3, -0.25) is 9.52 Å². The lowest BCUT2D eigenvalue weighted by atomic mass is 10.1. The number of sulfonamides is 1. The summed E-state index contributed by atoms with van der Waals surface area (Å²) < 4.78 is 30.9. The predicted molar refractivity (Wildman–Crippen MR) is 107 cm³/mol. The summed E-state index contributed by atoms with van der Waals surface area (Å²) in [6.07, 6.45) is 1.04. The maximum atomic E-state index is 12.3. The number of carbonyl (C=O) groups is 1. The number of ether oxygens (including phenoxy) is 1. The average molecular weight is 384 g/mol. The van der Waals surface area contributed by atoms with E-state index in [1.807, 2.05) is 42.5 Å². The molecule has 27 heavy (non-hydrogen) atoms. The van der Waals surface area contributed by atoms with E-state index in [0.29, 0.717) is 13.2 Å². The first-order chi connectivity index (χ1) is 12.9. The lowest BCUT2D eigenvalue weighted by Gasteiger charge is -2.12. The summed E-state index contributed by atoms with van der Waals surface area (Å²) >= 11 is 0. The molecule has 0 aliphatic carbocycles. The average Bonchev–Trinajstić information content (AvgIpc) is 2.64. The molecule has 2 N–H and O–H groups in total. The maximum Gasteiger partial charge on any atom is 0.253 e. The van der Waals surface area contributed by atoms with Crippen molar-refractivity contribution in [2.75, 3.05) is 24.1 Å². The van der Waals surface area contributed by atoms with Gasteiger partial charge in [0.15, 0.2) is 0 Å². The Kier molecular flexibility index (Phi) is 5.61. The van der Waals surface area contributed by atoms with Gasteiger partial charge in [0.05, 0.1) is 24.1 Å². The zero-order chi connectivity index (χ0) is 19.3. The molecule has 0 radical (unpaired) electrons. The van der Waals surface area contributed by atoms with Gasteiger partial charge in [-0.2, -0.15) is 0 Å². The van der Waals surface area contributed by atoms with Crippen LogP contribution < -0.4 is 14.8 Å². The Morgan fingerprint density at radius 3 is 2.44 bits per heavy atom. The van der Waals surface area contributed by atoms with Crippen LogP contribution in [0.2, 0.25) is 0 Å². The molecule has 0 aliphatic rings. The van der Waals surface area contributed by atoms with Crippen LogP contribution in [0.3, 0.4) is 0 Å². The minimum Gasteiger partial charge on any atom is -0.492 e. The zero-order valence-electron chi connectivity index (χ0n) is 14.8. The van der Waals surface area contributed by atoms with E-state index >= 15 is 0 Å². The molecular weight excluding hydrogens is 364 g/mol. The molecule has 6 nitrogen and oxygen atoms in total. The Morgan fingerprint density at radius 2 is 1.67 bits per heavy atom. The van der Waals surface area contributed by atoms with Crippen LogP contribution in [0.25, 0.3) is 10.8 Å². The lowest BCUT2D eigenvalue weighted by Crippen LogP contribution is -2.29. The first-order valence-corrected chi connectivity index (χ1v) is 10.3. The quantitative estimate of drug-likeness (QED) is 0.613. The Morgan fingerprint density at radius 1 is 0.963 bits per heavy atom. The fourth-order valence-corrected chi connectivity index (χ4v) is 3.23. The Hall–Kier alpha value is -3.06. The highest BCUT2D eigenvalue weighted by Crippen LogP contribution is 2.20. The minimum atomic E-state index is -3.47. The van der Waals surface area contributed by atoms with Crippen molar-refractivity contribution in [3.05, 3.63) is 72.3 Å². The molecule has 3 aromatic rings. The van der Waals surface area contributed by atoms with E-state index < -0.39 is 10.0 Å². The molecule has 0 saturated heterocycles. The first kappa shape index (κ1) is 18.7. The van der Waals surface area contributed by atoms with Crippen LogP contribution in [0, 0.1) is 0 Å². The fourth-order valence-electron chi connectivity index (χ4n) is 2.66. The van der Waals surface area contributed by atoms with Gasteiger partial charge in [0.1, 0.15) is 12.4 Å². The highest BCUT2D eigenvalue weighted by atomic mass is 32.2. The number of rotatable bonds is 7. The van der Waals surface area contributed by atoms with Crippen LogP contribution in [0.1, 0.15) is 10.4 Å². The van der Waals surface area contributed by atoms with Crippen molar-refractivity contribution in [1.82, 2.24) is 5.32 Å². The second-order valence-corrected chi connectivity index (χ2v) is 7.78. The van der Waals surface area contributed by atoms with Crippen LogP contribution >= 0.6 is 0 Å². The van der Waals surface area contributed by atoms with Crippen LogP contribution in [-0.2, 0) is 10.0 Å². The topological polar surface area (TPSA) is 84.5 Å². The number of nitrogens with one attached hydrogen (secondary N) is 2. The number of amides is 1. The monoisotopic (exact) mass is 384 g/mol. The molecule has 0 unspecified atom stereocenters. The molecule has 3 rings (SSSR count). The van der Waals surface area contributed by atoms with Gasteiger partial charge in [-0.1, -0.05) is 42.5 Å². The lowest BCUT2D eigenvalue weighted by molar-refractivity contribution is 0.0948. The van der Waals surface area contributed by atoms with Gasteiger partial charge in [-0.15, -0.1) is 0 Å². The molecular formula is C20H20N2O4S. The van der Waals surface area contributed by atoms with Crippen molar-refractivity contribution >= 4 is 32.4 Å². The van der Waals surface area contributed by atoms with Gasteiger partial charge < -0.3 is 10.1 Å². The van der Waals surface area contributed by atoms with E-state index in [1.165, 1.54) is 0 Å². The summed E-state index contributed by atoms with van der Waals surface area (Å²) in [4.78, 5) is 12.3. The molecule has 0 bridgehead atoms. The molecule has 7 heteroatoms. The summed E-state index contributed by atoms with van der Waals surface area (Å²) in [6, 6.07) is 20.2. The van der Waals surface area contributed by atoms with Crippen molar-refractivity contribution in [3.8, 4) is 5.75 Å². The number of hydrogen-bond acceptors (Lipinski definition) is 4. The normalized spacial score (nSPS) is 11.1. The number of para-hydroxylation sites is 1. The van der Waals surface area contributed by atoms with E-state index in [9.17, 15) is 13.2 Å². The van der Waals surface area contributed by atoms with Gasteiger partial charge in [-0.25, -0.2) is 8.42 Å². The molecule has 0 atom stereocenters. The summed E-state index contributed by atoms with van der Waals surface area (Å²) in [5.74, 6) is 0.353. The summed E-state index contributed by atoms with van der Waals surface area (Å²) in [5.41, 5.74) is 0.501. The smallest absolute Gasteiger partial charge is 0.253 e. The largest absolute Gasteiger partial charge is 0.492 e. The Balaban J connectivity index is 1.56. The molecule has 140 valence electrons. The van der Waals surface area contributed by atoms with Crippen molar-refractivity contribution in [2.45, 2.75) is 0 Å². The maximum absolute atomic E-state index is 12.3. The van der Waals surface area contributed by atoms with E-state index in [4.69, 9.17) is 4.74 Å². The van der Waals surface area contributed by atoms with Crippen LogP contribution in [0.4, 0.5) is 5.69 Å². The van der Waals surface area contributed by atoms with E-state index in [0.717, 1.165) is 22.8 Å². The Bertz CT molecular complexity index is 1060. The SMILES string of the molecule is CS(=O)(=O)Nc1ccccc1C(=O)NCCOc1ccc2ccccc2c1. The van der Waals surface area contributed by atoms with E-state index in [-0.39, 0.29) is 17.2 Å². The first-order valence-electron chi connectivity index (χ1n) is 8.39. The molecule has 0 aromatic heterocycles.